The van der Waals surface area contributed by atoms with E-state index in [1.54, 1.807) is 0 Å². The Morgan fingerprint density at radius 3 is 2.56 bits per heavy atom. The highest BCUT2D eigenvalue weighted by atomic mass is 35.5. The minimum atomic E-state index is -4.51. The molecule has 2 rings (SSSR count). The molecule has 1 fully saturated rings. The minimum absolute atomic E-state index is 0.0119. The average Bonchev–Trinajstić information content (AvgIpc) is 2.56. The van der Waals surface area contributed by atoms with Crippen molar-refractivity contribution in [2.24, 2.45) is 0 Å². The first kappa shape index (κ1) is 13.4. The Morgan fingerprint density at radius 1 is 1.44 bits per heavy atom. The van der Waals surface area contributed by atoms with Gasteiger partial charge in [-0.2, -0.15) is 13.2 Å². The summed E-state index contributed by atoms with van der Waals surface area (Å²) in [5.74, 6) is -0.290. The van der Waals surface area contributed by atoms with Gasteiger partial charge in [0.2, 0.25) is 5.91 Å². The SMILES string of the molecule is O=C1CC(Cl)CN1c1ncc(C(F)(F)F)cc1Cl. The smallest absolute Gasteiger partial charge is 0.294 e. The van der Waals surface area contributed by atoms with E-state index in [0.29, 0.717) is 6.20 Å². The van der Waals surface area contributed by atoms with Crippen molar-refractivity contribution in [3.8, 4) is 0 Å². The van der Waals surface area contributed by atoms with E-state index in [9.17, 15) is 18.0 Å². The first-order valence-corrected chi connectivity index (χ1v) is 5.77. The molecule has 1 atom stereocenters. The summed E-state index contributed by atoms with van der Waals surface area (Å²) in [6.07, 6.45) is -3.74. The highest BCUT2D eigenvalue weighted by molar-refractivity contribution is 6.34. The number of hydrogen-bond acceptors (Lipinski definition) is 2. The number of hydrogen-bond donors (Lipinski definition) is 0. The summed E-state index contributed by atoms with van der Waals surface area (Å²) in [5.41, 5.74) is -0.953. The van der Waals surface area contributed by atoms with Gasteiger partial charge in [0.1, 0.15) is 0 Å². The van der Waals surface area contributed by atoms with Crippen molar-refractivity contribution < 1.29 is 18.0 Å². The Balaban J connectivity index is 2.34. The third-order valence-electron chi connectivity index (χ3n) is 2.48. The number of pyridine rings is 1. The largest absolute Gasteiger partial charge is 0.417 e. The van der Waals surface area contributed by atoms with Crippen LogP contribution < -0.4 is 4.90 Å². The number of nitrogens with zero attached hydrogens (tertiary/aromatic N) is 2. The molecule has 2 heterocycles. The van der Waals surface area contributed by atoms with Crippen LogP contribution in [-0.4, -0.2) is 22.8 Å². The molecule has 0 N–H and O–H groups in total. The van der Waals surface area contributed by atoms with Crippen molar-refractivity contribution in [1.29, 1.82) is 0 Å². The Morgan fingerprint density at radius 2 is 2.11 bits per heavy atom. The lowest BCUT2D eigenvalue weighted by atomic mass is 10.2. The van der Waals surface area contributed by atoms with Crippen LogP contribution in [0.4, 0.5) is 19.0 Å². The average molecular weight is 299 g/mol. The van der Waals surface area contributed by atoms with Crippen molar-refractivity contribution in [2.75, 3.05) is 11.4 Å². The van der Waals surface area contributed by atoms with Gasteiger partial charge in [0.05, 0.1) is 16.0 Å². The maximum Gasteiger partial charge on any atom is 0.417 e. The van der Waals surface area contributed by atoms with E-state index < -0.39 is 11.7 Å². The summed E-state index contributed by atoms with van der Waals surface area (Å²) < 4.78 is 37.2. The number of rotatable bonds is 1. The van der Waals surface area contributed by atoms with Gasteiger partial charge in [-0.3, -0.25) is 9.69 Å². The fraction of sp³-hybridized carbons (Fsp3) is 0.400. The minimum Gasteiger partial charge on any atom is -0.294 e. The molecule has 1 aromatic rings. The van der Waals surface area contributed by atoms with Gasteiger partial charge < -0.3 is 0 Å². The summed E-state index contributed by atoms with van der Waals surface area (Å²) >= 11 is 11.5. The Labute approximate surface area is 110 Å². The lowest BCUT2D eigenvalue weighted by molar-refractivity contribution is -0.137. The molecule has 18 heavy (non-hydrogen) atoms. The van der Waals surface area contributed by atoms with Gasteiger partial charge in [0.25, 0.3) is 0 Å². The predicted molar refractivity (Wildman–Crippen MR) is 60.9 cm³/mol. The van der Waals surface area contributed by atoms with Crippen molar-refractivity contribution in [2.45, 2.75) is 18.0 Å². The molecule has 1 aromatic heterocycles. The second kappa shape index (κ2) is 4.59. The zero-order valence-electron chi connectivity index (χ0n) is 8.84. The lowest BCUT2D eigenvalue weighted by Gasteiger charge is -2.17. The van der Waals surface area contributed by atoms with Crippen molar-refractivity contribution >= 4 is 34.9 Å². The molecule has 0 spiro atoms. The Bertz CT molecular complexity index is 493. The van der Waals surface area contributed by atoms with Crippen LogP contribution in [0.1, 0.15) is 12.0 Å². The zero-order valence-corrected chi connectivity index (χ0v) is 10.4. The molecule has 0 bridgehead atoms. The van der Waals surface area contributed by atoms with Gasteiger partial charge in [-0.05, 0) is 6.07 Å². The number of anilines is 1. The highest BCUT2D eigenvalue weighted by Gasteiger charge is 2.34. The van der Waals surface area contributed by atoms with Crippen LogP contribution in [0.2, 0.25) is 5.02 Å². The Hall–Kier alpha value is -1.01. The van der Waals surface area contributed by atoms with Crippen LogP contribution in [0, 0.1) is 0 Å². The third kappa shape index (κ3) is 2.54. The lowest BCUT2D eigenvalue weighted by Crippen LogP contribution is -2.26. The summed E-state index contributed by atoms with van der Waals surface area (Å²) in [4.78, 5) is 16.3. The number of amides is 1. The quantitative estimate of drug-likeness (QED) is 0.747. The molecule has 0 aliphatic carbocycles. The fourth-order valence-corrected chi connectivity index (χ4v) is 2.19. The van der Waals surface area contributed by atoms with Crippen LogP contribution >= 0.6 is 23.2 Å². The number of carbonyl (C=O) groups is 1. The number of halogens is 5. The Kier molecular flexibility index (Phi) is 3.42. The molecule has 0 aromatic carbocycles. The fourth-order valence-electron chi connectivity index (χ4n) is 1.65. The molecule has 98 valence electrons. The first-order chi connectivity index (χ1) is 8.29. The second-order valence-corrected chi connectivity index (χ2v) is 4.86. The second-order valence-electron chi connectivity index (χ2n) is 3.83. The maximum atomic E-state index is 12.4. The van der Waals surface area contributed by atoms with Crippen molar-refractivity contribution in [3.05, 3.63) is 22.8 Å². The standard InChI is InChI=1S/C10H7Cl2F3N2O/c11-6-2-8(18)17(4-6)9-7(12)1-5(3-16-9)10(13,14)15/h1,3,6H,2,4H2. The number of carbonyl (C=O) groups excluding carboxylic acids is 1. The molecule has 1 aliphatic rings. The normalized spacial score (nSPS) is 20.6. The number of alkyl halides is 4. The van der Waals surface area contributed by atoms with Gasteiger partial charge in [0.15, 0.2) is 5.82 Å². The van der Waals surface area contributed by atoms with E-state index in [4.69, 9.17) is 23.2 Å². The van der Waals surface area contributed by atoms with Crippen LogP contribution in [0.15, 0.2) is 12.3 Å². The van der Waals surface area contributed by atoms with E-state index in [-0.39, 0.29) is 35.1 Å². The van der Waals surface area contributed by atoms with Crippen LogP contribution in [0.25, 0.3) is 0 Å². The van der Waals surface area contributed by atoms with E-state index >= 15 is 0 Å². The highest BCUT2D eigenvalue weighted by Crippen LogP contribution is 2.34. The van der Waals surface area contributed by atoms with Gasteiger partial charge >= 0.3 is 6.18 Å². The molecule has 1 aliphatic heterocycles. The van der Waals surface area contributed by atoms with Gasteiger partial charge in [-0.15, -0.1) is 11.6 Å². The summed E-state index contributed by atoms with van der Waals surface area (Å²) in [6.45, 7) is 0.193. The van der Waals surface area contributed by atoms with Crippen LogP contribution in [0.3, 0.4) is 0 Å². The first-order valence-electron chi connectivity index (χ1n) is 4.96. The van der Waals surface area contributed by atoms with Crippen molar-refractivity contribution in [1.82, 2.24) is 4.98 Å². The summed E-state index contributed by atoms with van der Waals surface area (Å²) in [7, 11) is 0. The topological polar surface area (TPSA) is 33.2 Å². The molecule has 0 radical (unpaired) electrons. The monoisotopic (exact) mass is 298 g/mol. The zero-order chi connectivity index (χ0) is 13.5. The summed E-state index contributed by atoms with van der Waals surface area (Å²) in [6, 6.07) is 0.749. The van der Waals surface area contributed by atoms with E-state index in [1.165, 1.54) is 4.90 Å². The molecule has 1 amide bonds. The van der Waals surface area contributed by atoms with Gasteiger partial charge in [-0.1, -0.05) is 11.6 Å². The molecular weight excluding hydrogens is 292 g/mol. The molecule has 1 saturated heterocycles. The van der Waals surface area contributed by atoms with Gasteiger partial charge in [-0.25, -0.2) is 4.98 Å². The van der Waals surface area contributed by atoms with Crippen molar-refractivity contribution in [3.63, 3.8) is 0 Å². The molecule has 3 nitrogen and oxygen atoms in total. The van der Waals surface area contributed by atoms with E-state index in [0.717, 1.165) is 6.07 Å². The number of aromatic nitrogens is 1. The molecular formula is C10H7Cl2F3N2O. The molecule has 0 saturated carbocycles. The predicted octanol–water partition coefficient (Wildman–Crippen LogP) is 3.10. The maximum absolute atomic E-state index is 12.4. The summed E-state index contributed by atoms with van der Waals surface area (Å²) in [5, 5.41) is -0.596. The van der Waals surface area contributed by atoms with Crippen LogP contribution in [0.5, 0.6) is 0 Å². The third-order valence-corrected chi connectivity index (χ3v) is 3.05. The molecule has 1 unspecified atom stereocenters. The van der Waals surface area contributed by atoms with Gasteiger partial charge in [0, 0.05) is 19.2 Å². The van der Waals surface area contributed by atoms with Crippen LogP contribution in [-0.2, 0) is 11.0 Å². The molecule has 8 heteroatoms. The van der Waals surface area contributed by atoms with E-state index in [2.05, 4.69) is 4.98 Å². The van der Waals surface area contributed by atoms with E-state index in [1.807, 2.05) is 0 Å².